The van der Waals surface area contributed by atoms with Crippen molar-refractivity contribution < 1.29 is 13.6 Å². The van der Waals surface area contributed by atoms with Gasteiger partial charge < -0.3 is 13.6 Å². The highest BCUT2D eigenvalue weighted by Gasteiger charge is 2.30. The van der Waals surface area contributed by atoms with Crippen molar-refractivity contribution in [2.45, 2.75) is 50.2 Å². The van der Waals surface area contributed by atoms with Gasteiger partial charge in [0.1, 0.15) is 23.9 Å². The first-order valence-corrected chi connectivity index (χ1v) is 11.3. The van der Waals surface area contributed by atoms with Gasteiger partial charge in [0.15, 0.2) is 11.0 Å². The van der Waals surface area contributed by atoms with Crippen LogP contribution in [0.25, 0.3) is 11.5 Å². The van der Waals surface area contributed by atoms with Crippen LogP contribution in [-0.2, 0) is 12.4 Å². The molecule has 0 spiro atoms. The van der Waals surface area contributed by atoms with E-state index in [-0.39, 0.29) is 0 Å². The van der Waals surface area contributed by atoms with Crippen LogP contribution < -0.4 is 4.74 Å². The fourth-order valence-electron chi connectivity index (χ4n) is 3.30. The molecular weight excluding hydrogens is 438 g/mol. The molecule has 1 fully saturated rings. The third-order valence-electron chi connectivity index (χ3n) is 4.90. The van der Waals surface area contributed by atoms with Gasteiger partial charge >= 0.3 is 0 Å². The first-order valence-electron chi connectivity index (χ1n) is 9.92. The minimum Gasteiger partial charge on any atom is -0.484 e. The third kappa shape index (κ3) is 4.33. The topological polar surface area (TPSA) is 92.0 Å². The van der Waals surface area contributed by atoms with Crippen molar-refractivity contribution >= 4 is 23.4 Å². The Kier molecular flexibility index (Phi) is 5.45. The van der Waals surface area contributed by atoms with Crippen LogP contribution >= 0.6 is 23.4 Å². The molecule has 3 aromatic heterocycles. The molecule has 0 atom stereocenters. The van der Waals surface area contributed by atoms with Crippen molar-refractivity contribution in [3.63, 3.8) is 0 Å². The molecule has 160 valence electrons. The van der Waals surface area contributed by atoms with Crippen LogP contribution in [0, 0.1) is 13.8 Å². The summed E-state index contributed by atoms with van der Waals surface area (Å²) in [6.07, 6.45) is 2.21. The van der Waals surface area contributed by atoms with Crippen molar-refractivity contribution in [1.82, 2.24) is 25.0 Å². The molecule has 4 aromatic rings. The molecule has 0 N–H and O–H groups in total. The summed E-state index contributed by atoms with van der Waals surface area (Å²) >= 11 is 7.70. The highest BCUT2D eigenvalue weighted by molar-refractivity contribution is 7.98. The minimum atomic E-state index is 0.303. The van der Waals surface area contributed by atoms with E-state index in [0.717, 1.165) is 40.9 Å². The summed E-state index contributed by atoms with van der Waals surface area (Å²) in [5.41, 5.74) is 0.821. The van der Waals surface area contributed by atoms with Gasteiger partial charge in [-0.2, -0.15) is 0 Å². The molecular formula is C21H20ClN5O3S. The number of halogens is 1. The number of rotatable bonds is 8. The Morgan fingerprint density at radius 1 is 1.13 bits per heavy atom. The Bertz CT molecular complexity index is 1210. The molecule has 8 nitrogen and oxygen atoms in total. The Morgan fingerprint density at radius 3 is 2.71 bits per heavy atom. The number of ether oxygens (including phenoxy) is 1. The van der Waals surface area contributed by atoms with Crippen molar-refractivity contribution in [3.05, 3.63) is 58.6 Å². The van der Waals surface area contributed by atoms with E-state index in [9.17, 15) is 0 Å². The van der Waals surface area contributed by atoms with E-state index in [2.05, 4.69) is 25.0 Å². The molecule has 0 bridgehead atoms. The Hall–Kier alpha value is -2.78. The molecule has 1 aromatic carbocycles. The number of para-hydroxylation sites is 1. The summed E-state index contributed by atoms with van der Waals surface area (Å²) in [5.74, 6) is 4.47. The zero-order valence-electron chi connectivity index (χ0n) is 17.0. The molecule has 1 aliphatic carbocycles. The smallest absolute Gasteiger partial charge is 0.251 e. The molecule has 0 radical (unpaired) electrons. The van der Waals surface area contributed by atoms with Crippen molar-refractivity contribution in [2.24, 2.45) is 0 Å². The van der Waals surface area contributed by atoms with Crippen LogP contribution in [-0.4, -0.2) is 25.0 Å². The molecule has 1 saturated carbocycles. The lowest BCUT2D eigenvalue weighted by atomic mass is 10.2. The number of nitrogens with zero attached hydrogens (tertiary/aromatic N) is 5. The number of benzene rings is 1. The van der Waals surface area contributed by atoms with E-state index >= 15 is 0 Å². The maximum Gasteiger partial charge on any atom is 0.251 e. The molecule has 0 aliphatic heterocycles. The molecule has 31 heavy (non-hydrogen) atoms. The molecule has 1 aliphatic rings. The third-order valence-corrected chi connectivity index (χ3v) is 6.14. The van der Waals surface area contributed by atoms with E-state index in [1.807, 2.05) is 38.1 Å². The van der Waals surface area contributed by atoms with Crippen LogP contribution in [0.4, 0.5) is 0 Å². The van der Waals surface area contributed by atoms with Crippen molar-refractivity contribution in [3.8, 4) is 17.2 Å². The highest BCUT2D eigenvalue weighted by Crippen LogP contribution is 2.39. The van der Waals surface area contributed by atoms with Gasteiger partial charge in [0.2, 0.25) is 5.89 Å². The van der Waals surface area contributed by atoms with Crippen LogP contribution in [0.3, 0.4) is 0 Å². The van der Waals surface area contributed by atoms with Gasteiger partial charge in [0.05, 0.1) is 16.3 Å². The fraction of sp³-hybridized carbons (Fsp3) is 0.333. The predicted octanol–water partition coefficient (Wildman–Crippen LogP) is 5.40. The van der Waals surface area contributed by atoms with Gasteiger partial charge in [-0.1, -0.05) is 35.5 Å². The maximum absolute atomic E-state index is 6.18. The number of aromatic nitrogens is 5. The van der Waals surface area contributed by atoms with Crippen molar-refractivity contribution in [2.75, 3.05) is 0 Å². The number of thioether (sulfide) groups is 1. The summed E-state index contributed by atoms with van der Waals surface area (Å²) < 4.78 is 19.4. The van der Waals surface area contributed by atoms with Crippen LogP contribution in [0.1, 0.15) is 42.1 Å². The summed E-state index contributed by atoms with van der Waals surface area (Å²) in [7, 11) is 0. The second kappa shape index (κ2) is 8.39. The lowest BCUT2D eigenvalue weighted by molar-refractivity contribution is 0.288. The largest absolute Gasteiger partial charge is 0.484 e. The zero-order valence-corrected chi connectivity index (χ0v) is 18.6. The van der Waals surface area contributed by atoms with Gasteiger partial charge in [-0.15, -0.1) is 20.4 Å². The number of aryl methyl sites for hydroxylation is 2. The molecule has 0 amide bonds. The first-order chi connectivity index (χ1) is 15.1. The van der Waals surface area contributed by atoms with Gasteiger partial charge in [0.25, 0.3) is 5.89 Å². The van der Waals surface area contributed by atoms with E-state index < -0.39 is 0 Å². The van der Waals surface area contributed by atoms with E-state index in [0.29, 0.717) is 41.0 Å². The molecule has 5 rings (SSSR count). The molecule has 0 unspecified atom stereocenters. The maximum atomic E-state index is 6.18. The van der Waals surface area contributed by atoms with E-state index in [1.54, 1.807) is 6.07 Å². The lowest BCUT2D eigenvalue weighted by Crippen LogP contribution is -2.07. The fourth-order valence-corrected chi connectivity index (χ4v) is 4.35. The standard InChI is InChI=1S/C21H20ClN5O3S/c1-12-9-15(13(2)29-12)20-25-24-19(30-20)11-31-21-26-23-18(27(21)14-7-8-14)10-28-17-6-4-3-5-16(17)22/h3-6,9,14H,7-8,10-11H2,1-2H3. The number of hydrogen-bond donors (Lipinski definition) is 0. The summed E-state index contributed by atoms with van der Waals surface area (Å²) in [6, 6.07) is 9.70. The number of hydrogen-bond acceptors (Lipinski definition) is 8. The lowest BCUT2D eigenvalue weighted by Gasteiger charge is -2.10. The first kappa shape index (κ1) is 20.1. The number of furan rings is 1. The second-order valence-corrected chi connectivity index (χ2v) is 8.69. The molecule has 3 heterocycles. The zero-order chi connectivity index (χ0) is 21.4. The minimum absolute atomic E-state index is 0.303. The van der Waals surface area contributed by atoms with Gasteiger partial charge in [-0.3, -0.25) is 4.57 Å². The van der Waals surface area contributed by atoms with Crippen molar-refractivity contribution in [1.29, 1.82) is 0 Å². The van der Waals surface area contributed by atoms with Gasteiger partial charge in [-0.25, -0.2) is 0 Å². The average Bonchev–Trinajstić information content (AvgIpc) is 3.18. The monoisotopic (exact) mass is 457 g/mol. The Morgan fingerprint density at radius 2 is 1.97 bits per heavy atom. The van der Waals surface area contributed by atoms with Gasteiger partial charge in [-0.05, 0) is 44.9 Å². The van der Waals surface area contributed by atoms with Gasteiger partial charge in [0, 0.05) is 6.04 Å². The normalized spacial score (nSPS) is 13.6. The molecule has 10 heteroatoms. The summed E-state index contributed by atoms with van der Waals surface area (Å²) in [4.78, 5) is 0. The van der Waals surface area contributed by atoms with E-state index in [1.165, 1.54) is 11.8 Å². The SMILES string of the molecule is Cc1cc(-c2nnc(CSc3nnc(COc4ccccc4Cl)n3C3CC3)o2)c(C)o1. The van der Waals surface area contributed by atoms with Crippen LogP contribution in [0.15, 0.2) is 44.3 Å². The summed E-state index contributed by atoms with van der Waals surface area (Å²) in [5, 5.41) is 18.4. The Labute approximate surface area is 188 Å². The second-order valence-electron chi connectivity index (χ2n) is 7.34. The predicted molar refractivity (Wildman–Crippen MR) is 115 cm³/mol. The molecule has 0 saturated heterocycles. The van der Waals surface area contributed by atoms with Crippen LogP contribution in [0.5, 0.6) is 5.75 Å². The average molecular weight is 458 g/mol. The van der Waals surface area contributed by atoms with Crippen LogP contribution in [0.2, 0.25) is 5.02 Å². The summed E-state index contributed by atoms with van der Waals surface area (Å²) in [6.45, 7) is 4.07. The Balaban J connectivity index is 1.28. The quantitative estimate of drug-likeness (QED) is 0.325. The highest BCUT2D eigenvalue weighted by atomic mass is 35.5. The van der Waals surface area contributed by atoms with E-state index in [4.69, 9.17) is 25.2 Å².